The van der Waals surface area contributed by atoms with E-state index in [9.17, 15) is 4.79 Å². The summed E-state index contributed by atoms with van der Waals surface area (Å²) in [6, 6.07) is 7.59. The lowest BCUT2D eigenvalue weighted by atomic mass is 10.2. The summed E-state index contributed by atoms with van der Waals surface area (Å²) in [6.45, 7) is 1.01. The molecule has 8 heteroatoms. The second-order valence-electron chi connectivity index (χ2n) is 5.24. The lowest BCUT2D eigenvalue weighted by Gasteiger charge is -2.04. The minimum atomic E-state index is -0.112. The van der Waals surface area contributed by atoms with Crippen molar-refractivity contribution in [3.8, 4) is 0 Å². The Balaban J connectivity index is 1.53. The van der Waals surface area contributed by atoms with Crippen LogP contribution in [0, 0.1) is 0 Å². The lowest BCUT2D eigenvalue weighted by molar-refractivity contribution is -0.116. The van der Waals surface area contributed by atoms with Gasteiger partial charge in [0, 0.05) is 30.4 Å². The zero-order valence-corrected chi connectivity index (χ0v) is 14.2. The summed E-state index contributed by atoms with van der Waals surface area (Å²) in [7, 11) is 0. The van der Waals surface area contributed by atoms with Crippen LogP contribution in [0.25, 0.3) is 0 Å². The Morgan fingerprint density at radius 3 is 2.62 bits per heavy atom. The van der Waals surface area contributed by atoms with E-state index in [1.165, 1.54) is 6.20 Å². The van der Waals surface area contributed by atoms with Crippen molar-refractivity contribution in [3.05, 3.63) is 64.7 Å². The highest BCUT2D eigenvalue weighted by Crippen LogP contribution is 2.17. The SMILES string of the molecule is O=C(CCn1cc(Cl)cn1)Nc1cnn(Cc2ccccc2Cl)c1. The molecule has 2 heterocycles. The summed E-state index contributed by atoms with van der Waals surface area (Å²) in [4.78, 5) is 12.0. The molecule has 2 aromatic heterocycles. The molecule has 0 radical (unpaired) electrons. The van der Waals surface area contributed by atoms with Gasteiger partial charge in [-0.15, -0.1) is 0 Å². The van der Waals surface area contributed by atoms with Gasteiger partial charge in [0.2, 0.25) is 5.91 Å². The van der Waals surface area contributed by atoms with E-state index in [2.05, 4.69) is 15.5 Å². The molecule has 1 amide bonds. The number of aryl methyl sites for hydroxylation is 1. The molecular weight excluding hydrogens is 349 g/mol. The average molecular weight is 364 g/mol. The molecule has 6 nitrogen and oxygen atoms in total. The predicted molar refractivity (Wildman–Crippen MR) is 93.3 cm³/mol. The topological polar surface area (TPSA) is 64.7 Å². The fourth-order valence-corrected chi connectivity index (χ4v) is 2.57. The number of aromatic nitrogens is 4. The van der Waals surface area contributed by atoms with Crippen molar-refractivity contribution in [2.24, 2.45) is 0 Å². The molecule has 3 aromatic rings. The Bertz CT molecular complexity index is 842. The molecule has 24 heavy (non-hydrogen) atoms. The van der Waals surface area contributed by atoms with E-state index in [4.69, 9.17) is 23.2 Å². The number of halogens is 2. The number of rotatable bonds is 6. The second kappa shape index (κ2) is 7.51. The molecule has 0 spiro atoms. The molecule has 0 bridgehead atoms. The summed E-state index contributed by atoms with van der Waals surface area (Å²) in [5.74, 6) is -0.112. The summed E-state index contributed by atoms with van der Waals surface area (Å²) in [6.07, 6.45) is 6.90. The van der Waals surface area contributed by atoms with E-state index in [1.807, 2.05) is 24.3 Å². The molecule has 0 aliphatic heterocycles. The number of nitrogens with one attached hydrogen (secondary N) is 1. The first-order chi connectivity index (χ1) is 11.6. The van der Waals surface area contributed by atoms with Crippen molar-refractivity contribution >= 4 is 34.8 Å². The van der Waals surface area contributed by atoms with Gasteiger partial charge in [-0.1, -0.05) is 41.4 Å². The van der Waals surface area contributed by atoms with E-state index in [0.717, 1.165) is 5.56 Å². The van der Waals surface area contributed by atoms with Crippen LogP contribution < -0.4 is 5.32 Å². The van der Waals surface area contributed by atoms with Crippen molar-refractivity contribution in [2.75, 3.05) is 5.32 Å². The van der Waals surface area contributed by atoms with E-state index in [-0.39, 0.29) is 5.91 Å². The average Bonchev–Trinajstić information content (AvgIpc) is 3.17. The first kappa shape index (κ1) is 16.5. The van der Waals surface area contributed by atoms with Crippen molar-refractivity contribution in [1.29, 1.82) is 0 Å². The number of hydrogen-bond donors (Lipinski definition) is 1. The fraction of sp³-hybridized carbons (Fsp3) is 0.188. The zero-order chi connectivity index (χ0) is 16.9. The Morgan fingerprint density at radius 1 is 1.08 bits per heavy atom. The van der Waals surface area contributed by atoms with Crippen LogP contribution in [0.5, 0.6) is 0 Å². The van der Waals surface area contributed by atoms with E-state index >= 15 is 0 Å². The highest BCUT2D eigenvalue weighted by atomic mass is 35.5. The standard InChI is InChI=1S/C16H15Cl2N5O/c17-13-7-19-22(10-13)6-5-16(24)21-14-8-20-23(11-14)9-12-3-1-2-4-15(12)18/h1-4,7-8,10-11H,5-6,9H2,(H,21,24). The van der Waals surface area contributed by atoms with Gasteiger partial charge < -0.3 is 5.32 Å². The van der Waals surface area contributed by atoms with Gasteiger partial charge in [-0.25, -0.2) is 0 Å². The zero-order valence-electron chi connectivity index (χ0n) is 12.7. The van der Waals surface area contributed by atoms with Crippen LogP contribution in [0.2, 0.25) is 10.0 Å². The van der Waals surface area contributed by atoms with Gasteiger partial charge in [-0.05, 0) is 11.6 Å². The smallest absolute Gasteiger partial charge is 0.226 e. The number of hydrogen-bond acceptors (Lipinski definition) is 3. The van der Waals surface area contributed by atoms with Crippen molar-refractivity contribution in [1.82, 2.24) is 19.6 Å². The van der Waals surface area contributed by atoms with Gasteiger partial charge in [0.25, 0.3) is 0 Å². The van der Waals surface area contributed by atoms with Gasteiger partial charge in [-0.3, -0.25) is 14.2 Å². The van der Waals surface area contributed by atoms with Crippen molar-refractivity contribution in [3.63, 3.8) is 0 Å². The van der Waals surface area contributed by atoms with Crippen molar-refractivity contribution in [2.45, 2.75) is 19.5 Å². The first-order valence-electron chi connectivity index (χ1n) is 7.34. The minimum absolute atomic E-state index is 0.112. The number of benzene rings is 1. The molecule has 0 saturated heterocycles. The molecule has 0 atom stereocenters. The summed E-state index contributed by atoms with van der Waals surface area (Å²) in [5, 5.41) is 12.3. The first-order valence-corrected chi connectivity index (χ1v) is 8.09. The largest absolute Gasteiger partial charge is 0.323 e. The third-order valence-electron chi connectivity index (χ3n) is 3.38. The van der Waals surface area contributed by atoms with Crippen LogP contribution in [0.4, 0.5) is 5.69 Å². The maximum Gasteiger partial charge on any atom is 0.226 e. The number of amides is 1. The van der Waals surface area contributed by atoms with Gasteiger partial charge in [0.1, 0.15) is 0 Å². The third-order valence-corrected chi connectivity index (χ3v) is 3.94. The summed E-state index contributed by atoms with van der Waals surface area (Å²) in [5.41, 5.74) is 1.61. The molecule has 124 valence electrons. The van der Waals surface area contributed by atoms with Gasteiger partial charge in [0.05, 0.1) is 29.6 Å². The third kappa shape index (κ3) is 4.37. The lowest BCUT2D eigenvalue weighted by Crippen LogP contribution is -2.14. The monoisotopic (exact) mass is 363 g/mol. The molecule has 1 N–H and O–H groups in total. The second-order valence-corrected chi connectivity index (χ2v) is 6.08. The van der Waals surface area contributed by atoms with E-state index < -0.39 is 0 Å². The Kier molecular flexibility index (Phi) is 5.17. The molecule has 0 aliphatic carbocycles. The summed E-state index contributed by atoms with van der Waals surface area (Å²) >= 11 is 11.9. The van der Waals surface area contributed by atoms with Crippen LogP contribution in [-0.4, -0.2) is 25.5 Å². The molecule has 1 aromatic carbocycles. The Hall–Kier alpha value is -2.31. The molecule has 0 unspecified atom stereocenters. The summed E-state index contributed by atoms with van der Waals surface area (Å²) < 4.78 is 3.35. The van der Waals surface area contributed by atoms with Crippen LogP contribution in [-0.2, 0) is 17.9 Å². The number of carbonyl (C=O) groups is 1. The number of nitrogens with zero attached hydrogens (tertiary/aromatic N) is 4. The van der Waals surface area contributed by atoms with E-state index in [0.29, 0.717) is 35.2 Å². The predicted octanol–water partition coefficient (Wildman–Crippen LogP) is 3.46. The Morgan fingerprint density at radius 2 is 1.88 bits per heavy atom. The van der Waals surface area contributed by atoms with Gasteiger partial charge in [-0.2, -0.15) is 10.2 Å². The van der Waals surface area contributed by atoms with Crippen molar-refractivity contribution < 1.29 is 4.79 Å². The maximum atomic E-state index is 12.0. The highest BCUT2D eigenvalue weighted by molar-refractivity contribution is 6.31. The highest BCUT2D eigenvalue weighted by Gasteiger charge is 2.07. The number of anilines is 1. The quantitative estimate of drug-likeness (QED) is 0.729. The van der Waals surface area contributed by atoms with Crippen LogP contribution in [0.15, 0.2) is 49.1 Å². The molecule has 3 rings (SSSR count). The van der Waals surface area contributed by atoms with Gasteiger partial charge >= 0.3 is 0 Å². The van der Waals surface area contributed by atoms with Crippen LogP contribution in [0.3, 0.4) is 0 Å². The van der Waals surface area contributed by atoms with Crippen LogP contribution >= 0.6 is 23.2 Å². The molecule has 0 saturated carbocycles. The fourth-order valence-electron chi connectivity index (χ4n) is 2.22. The molecule has 0 aliphatic rings. The Labute approximate surface area is 149 Å². The van der Waals surface area contributed by atoms with E-state index in [1.54, 1.807) is 28.0 Å². The number of carbonyl (C=O) groups excluding carboxylic acids is 1. The minimum Gasteiger partial charge on any atom is -0.323 e. The molecular formula is C16H15Cl2N5O. The molecule has 0 fully saturated rings. The van der Waals surface area contributed by atoms with Crippen LogP contribution in [0.1, 0.15) is 12.0 Å². The maximum absolute atomic E-state index is 12.0. The normalized spacial score (nSPS) is 10.8. The van der Waals surface area contributed by atoms with Gasteiger partial charge in [0.15, 0.2) is 0 Å².